The van der Waals surface area contributed by atoms with Crippen LogP contribution in [0.3, 0.4) is 0 Å². The molecule has 6 heteroatoms. The molecule has 3 N–H and O–H groups in total. The summed E-state index contributed by atoms with van der Waals surface area (Å²) in [6, 6.07) is 4.08. The van der Waals surface area contributed by atoms with E-state index in [0.717, 1.165) is 6.08 Å². The quantitative estimate of drug-likeness (QED) is 0.747. The molecule has 5 nitrogen and oxygen atoms in total. The Hall–Kier alpha value is -2.21. The van der Waals surface area contributed by atoms with Gasteiger partial charge in [0.05, 0.1) is 6.54 Å². The number of nitrogens with zero attached hydrogens (tertiary/aromatic N) is 1. The minimum atomic E-state index is -1.11. The van der Waals surface area contributed by atoms with Crippen molar-refractivity contribution in [1.29, 1.82) is 0 Å². The maximum Gasteiger partial charge on any atom is 0.328 e. The van der Waals surface area contributed by atoms with Gasteiger partial charge in [-0.1, -0.05) is 6.07 Å². The van der Waals surface area contributed by atoms with E-state index >= 15 is 0 Å². The average Bonchev–Trinajstić information content (AvgIpc) is 2.28. The van der Waals surface area contributed by atoms with Crippen LogP contribution in [0.15, 0.2) is 24.3 Å². The number of benzene rings is 1. The van der Waals surface area contributed by atoms with Crippen LogP contribution >= 0.6 is 0 Å². The van der Waals surface area contributed by atoms with E-state index in [-0.39, 0.29) is 6.54 Å². The summed E-state index contributed by atoms with van der Waals surface area (Å²) in [7, 11) is 1.69. The second-order valence-corrected chi connectivity index (χ2v) is 4.15. The molecule has 0 unspecified atom stereocenters. The topological polar surface area (TPSA) is 83.6 Å². The molecular weight excluding hydrogens is 251 g/mol. The number of carboxylic acid groups (broad SMARTS) is 1. The Morgan fingerprint density at radius 2 is 2.16 bits per heavy atom. The van der Waals surface area contributed by atoms with Gasteiger partial charge in [0, 0.05) is 12.6 Å². The van der Waals surface area contributed by atoms with Crippen LogP contribution in [0.25, 0.3) is 6.08 Å². The zero-order chi connectivity index (χ0) is 14.4. The SMILES string of the molecule is CN(CC(N)=O)Cc1ccc(F)cc1/C=C/C(=O)O. The molecule has 0 spiro atoms. The van der Waals surface area contributed by atoms with Crippen LogP contribution in [0.1, 0.15) is 11.1 Å². The maximum atomic E-state index is 13.2. The number of halogens is 1. The Balaban J connectivity index is 2.93. The van der Waals surface area contributed by atoms with Crippen molar-refractivity contribution in [3.63, 3.8) is 0 Å². The first-order valence-electron chi connectivity index (χ1n) is 5.55. The van der Waals surface area contributed by atoms with E-state index in [4.69, 9.17) is 10.8 Å². The summed E-state index contributed by atoms with van der Waals surface area (Å²) in [6.45, 7) is 0.433. The molecule has 0 atom stereocenters. The lowest BCUT2D eigenvalue weighted by atomic mass is 10.1. The first-order valence-corrected chi connectivity index (χ1v) is 5.55. The number of aliphatic carboxylic acids is 1. The van der Waals surface area contributed by atoms with Crippen molar-refractivity contribution in [3.05, 3.63) is 41.2 Å². The molecule has 0 heterocycles. The molecule has 19 heavy (non-hydrogen) atoms. The summed E-state index contributed by atoms with van der Waals surface area (Å²) in [5, 5.41) is 8.58. The van der Waals surface area contributed by atoms with Crippen LogP contribution in [0.2, 0.25) is 0 Å². The van der Waals surface area contributed by atoms with Crippen molar-refractivity contribution in [2.75, 3.05) is 13.6 Å². The number of hydrogen-bond acceptors (Lipinski definition) is 3. The number of hydrogen-bond donors (Lipinski definition) is 2. The zero-order valence-corrected chi connectivity index (χ0v) is 10.5. The molecule has 1 amide bonds. The van der Waals surface area contributed by atoms with Gasteiger partial charge in [-0.15, -0.1) is 0 Å². The Kier molecular flexibility index (Phi) is 5.20. The van der Waals surface area contributed by atoms with E-state index in [1.54, 1.807) is 18.0 Å². The monoisotopic (exact) mass is 266 g/mol. The highest BCUT2D eigenvalue weighted by molar-refractivity contribution is 5.85. The third-order valence-corrected chi connectivity index (χ3v) is 2.38. The fourth-order valence-corrected chi connectivity index (χ4v) is 1.64. The third kappa shape index (κ3) is 5.31. The highest BCUT2D eigenvalue weighted by atomic mass is 19.1. The molecule has 0 aliphatic carbocycles. The molecule has 0 bridgehead atoms. The van der Waals surface area contributed by atoms with Crippen LogP contribution in [0, 0.1) is 5.82 Å². The molecule has 0 aliphatic heterocycles. The second-order valence-electron chi connectivity index (χ2n) is 4.15. The molecule has 1 aromatic carbocycles. The number of nitrogens with two attached hydrogens (primary N) is 1. The highest BCUT2D eigenvalue weighted by Gasteiger charge is 2.07. The van der Waals surface area contributed by atoms with E-state index in [1.165, 1.54) is 18.2 Å². The lowest BCUT2D eigenvalue weighted by molar-refractivity contribution is -0.131. The van der Waals surface area contributed by atoms with Gasteiger partial charge >= 0.3 is 5.97 Å². The van der Waals surface area contributed by atoms with Crippen molar-refractivity contribution in [3.8, 4) is 0 Å². The van der Waals surface area contributed by atoms with E-state index in [1.807, 2.05) is 0 Å². The van der Waals surface area contributed by atoms with Gasteiger partial charge in [0.1, 0.15) is 5.82 Å². The summed E-state index contributed by atoms with van der Waals surface area (Å²) in [5.41, 5.74) is 6.24. The maximum absolute atomic E-state index is 13.2. The molecule has 0 aliphatic rings. The molecule has 102 valence electrons. The number of likely N-dealkylation sites (N-methyl/N-ethyl adjacent to an activating group) is 1. The van der Waals surface area contributed by atoms with E-state index in [9.17, 15) is 14.0 Å². The molecule has 0 fully saturated rings. The van der Waals surface area contributed by atoms with Gasteiger partial charge in [0.2, 0.25) is 5.91 Å². The summed E-state index contributed by atoms with van der Waals surface area (Å²) in [4.78, 5) is 22.9. The smallest absolute Gasteiger partial charge is 0.328 e. The average molecular weight is 266 g/mol. The number of amides is 1. The van der Waals surface area contributed by atoms with Crippen LogP contribution < -0.4 is 5.73 Å². The molecule has 0 aromatic heterocycles. The largest absolute Gasteiger partial charge is 0.478 e. The van der Waals surface area contributed by atoms with Crippen molar-refractivity contribution in [2.24, 2.45) is 5.73 Å². The molecule has 1 rings (SSSR count). The Morgan fingerprint density at radius 1 is 1.47 bits per heavy atom. The molecular formula is C13H15FN2O3. The predicted molar refractivity (Wildman–Crippen MR) is 68.6 cm³/mol. The highest BCUT2D eigenvalue weighted by Crippen LogP contribution is 2.15. The van der Waals surface area contributed by atoms with Gasteiger partial charge in [-0.3, -0.25) is 9.69 Å². The Bertz CT molecular complexity index is 515. The number of carbonyl (C=O) groups is 2. The fraction of sp³-hybridized carbons (Fsp3) is 0.231. The van der Waals surface area contributed by atoms with Crippen molar-refractivity contribution >= 4 is 18.0 Å². The Morgan fingerprint density at radius 3 is 2.74 bits per heavy atom. The zero-order valence-electron chi connectivity index (χ0n) is 10.5. The van der Waals surface area contributed by atoms with Crippen molar-refractivity contribution in [2.45, 2.75) is 6.54 Å². The van der Waals surface area contributed by atoms with Crippen LogP contribution in [0.5, 0.6) is 0 Å². The first-order chi connectivity index (χ1) is 8.88. The predicted octanol–water partition coefficient (Wildman–Crippen LogP) is 0.841. The van der Waals surface area contributed by atoms with Gasteiger partial charge < -0.3 is 10.8 Å². The number of primary amides is 1. The van der Waals surface area contributed by atoms with E-state index in [2.05, 4.69) is 0 Å². The van der Waals surface area contributed by atoms with Crippen molar-refractivity contribution < 1.29 is 19.1 Å². The summed E-state index contributed by atoms with van der Waals surface area (Å²) >= 11 is 0. The third-order valence-electron chi connectivity index (χ3n) is 2.38. The van der Waals surface area contributed by atoms with E-state index < -0.39 is 17.7 Å². The van der Waals surface area contributed by atoms with Gasteiger partial charge in [0.25, 0.3) is 0 Å². The standard InChI is InChI=1S/C13H15FN2O3/c1-16(8-12(15)17)7-10-2-4-11(14)6-9(10)3-5-13(18)19/h2-6H,7-8H2,1H3,(H2,15,17)(H,18,19)/b5-3+. The van der Waals surface area contributed by atoms with Crippen LogP contribution in [-0.2, 0) is 16.1 Å². The lowest BCUT2D eigenvalue weighted by Gasteiger charge is -2.16. The summed E-state index contributed by atoms with van der Waals surface area (Å²) in [6.07, 6.45) is 2.26. The van der Waals surface area contributed by atoms with Gasteiger partial charge in [-0.2, -0.15) is 0 Å². The van der Waals surface area contributed by atoms with Crippen LogP contribution in [-0.4, -0.2) is 35.5 Å². The molecule has 0 radical (unpaired) electrons. The summed E-state index contributed by atoms with van der Waals surface area (Å²) < 4.78 is 13.2. The Labute approximate surface area is 110 Å². The van der Waals surface area contributed by atoms with Crippen LogP contribution in [0.4, 0.5) is 4.39 Å². The van der Waals surface area contributed by atoms with Crippen molar-refractivity contribution in [1.82, 2.24) is 4.90 Å². The first kappa shape index (κ1) is 14.8. The lowest BCUT2D eigenvalue weighted by Crippen LogP contribution is -2.30. The number of carboxylic acids is 1. The molecule has 1 aromatic rings. The van der Waals surface area contributed by atoms with Gasteiger partial charge in [-0.05, 0) is 36.4 Å². The minimum absolute atomic E-state index is 0.0689. The van der Waals surface area contributed by atoms with Gasteiger partial charge in [-0.25, -0.2) is 9.18 Å². The number of carbonyl (C=O) groups excluding carboxylic acids is 1. The fourth-order valence-electron chi connectivity index (χ4n) is 1.64. The summed E-state index contributed by atoms with van der Waals surface area (Å²) in [5.74, 6) is -2.03. The van der Waals surface area contributed by atoms with Gasteiger partial charge in [0.15, 0.2) is 0 Å². The second kappa shape index (κ2) is 6.65. The van der Waals surface area contributed by atoms with E-state index in [0.29, 0.717) is 17.7 Å². The molecule has 0 saturated carbocycles. The molecule has 0 saturated heterocycles. The minimum Gasteiger partial charge on any atom is -0.478 e. The number of rotatable bonds is 6. The normalized spacial score (nSPS) is 11.1.